The largest absolute Gasteiger partial charge is 0.422 e. The molecule has 178 valence electrons. The smallest absolute Gasteiger partial charge is 0.345 e. The number of aromatic nitrogens is 3. The first kappa shape index (κ1) is 22.6. The number of hydrogen-bond donors (Lipinski definition) is 0. The molecule has 7 nitrogen and oxygen atoms in total. The average Bonchev–Trinajstić information content (AvgIpc) is 3.22. The summed E-state index contributed by atoms with van der Waals surface area (Å²) in [5.41, 5.74) is 4.90. The van der Waals surface area contributed by atoms with Gasteiger partial charge < -0.3 is 13.7 Å². The summed E-state index contributed by atoms with van der Waals surface area (Å²) in [5.74, 6) is 0.662. The number of nitrogens with zero attached hydrogens (tertiary/aromatic N) is 5. The summed E-state index contributed by atoms with van der Waals surface area (Å²) >= 11 is 0. The lowest BCUT2D eigenvalue weighted by Crippen LogP contribution is -2.53. The molecule has 1 atom stereocenters. The second-order valence-electron chi connectivity index (χ2n) is 9.85. The Balaban J connectivity index is 1.47. The minimum atomic E-state index is -0.371. The number of hydrogen-bond acceptors (Lipinski definition) is 6. The van der Waals surface area contributed by atoms with Gasteiger partial charge in [-0.25, -0.2) is 9.78 Å². The van der Waals surface area contributed by atoms with Crippen molar-refractivity contribution >= 4 is 22.3 Å². The van der Waals surface area contributed by atoms with Crippen LogP contribution in [-0.2, 0) is 0 Å². The van der Waals surface area contributed by atoms with Crippen LogP contribution in [0.2, 0.25) is 0 Å². The zero-order chi connectivity index (χ0) is 24.0. The molecule has 0 radical (unpaired) electrons. The fourth-order valence-electron chi connectivity index (χ4n) is 5.22. The molecule has 0 saturated carbocycles. The van der Waals surface area contributed by atoms with E-state index >= 15 is 0 Å². The van der Waals surface area contributed by atoms with Crippen LogP contribution in [0.1, 0.15) is 38.6 Å². The number of aryl methyl sites for hydroxylation is 2. The van der Waals surface area contributed by atoms with Gasteiger partial charge in [0.2, 0.25) is 0 Å². The van der Waals surface area contributed by atoms with Crippen LogP contribution in [0.3, 0.4) is 0 Å². The summed E-state index contributed by atoms with van der Waals surface area (Å²) in [5, 5.41) is 0.896. The van der Waals surface area contributed by atoms with Gasteiger partial charge in [-0.2, -0.15) is 0 Å². The number of rotatable bonds is 5. The molecule has 5 rings (SSSR count). The molecule has 34 heavy (non-hydrogen) atoms. The van der Waals surface area contributed by atoms with Crippen LogP contribution in [0.25, 0.3) is 27.9 Å². The van der Waals surface area contributed by atoms with Gasteiger partial charge >= 0.3 is 5.63 Å². The van der Waals surface area contributed by atoms with Crippen LogP contribution in [0.15, 0.2) is 45.9 Å². The third-order valence-corrected chi connectivity index (χ3v) is 6.84. The Bertz CT molecular complexity index is 1400. The summed E-state index contributed by atoms with van der Waals surface area (Å²) < 4.78 is 7.72. The zero-order valence-electron chi connectivity index (χ0n) is 20.7. The van der Waals surface area contributed by atoms with E-state index in [9.17, 15) is 4.79 Å². The molecule has 7 heteroatoms. The molecule has 1 fully saturated rings. The van der Waals surface area contributed by atoms with E-state index in [4.69, 9.17) is 4.42 Å². The summed E-state index contributed by atoms with van der Waals surface area (Å²) in [6.45, 7) is 14.8. The van der Waals surface area contributed by atoms with E-state index in [0.29, 0.717) is 28.8 Å². The van der Waals surface area contributed by atoms with Crippen molar-refractivity contribution in [2.75, 3.05) is 31.1 Å². The number of anilines is 1. The molecule has 4 aromatic rings. The molecule has 4 heterocycles. The number of imidazole rings is 1. The third kappa shape index (κ3) is 4.20. The minimum absolute atomic E-state index is 0.371. The molecular weight excluding hydrogens is 426 g/mol. The van der Waals surface area contributed by atoms with Crippen LogP contribution >= 0.6 is 0 Å². The van der Waals surface area contributed by atoms with Crippen molar-refractivity contribution in [3.63, 3.8) is 0 Å². The Morgan fingerprint density at radius 3 is 2.71 bits per heavy atom. The van der Waals surface area contributed by atoms with E-state index < -0.39 is 0 Å². The Hall–Kier alpha value is -3.19. The monoisotopic (exact) mass is 459 g/mol. The van der Waals surface area contributed by atoms with Gasteiger partial charge in [0.1, 0.15) is 5.58 Å². The van der Waals surface area contributed by atoms with Crippen molar-refractivity contribution in [2.24, 2.45) is 5.92 Å². The number of fused-ring (bicyclic) bond motifs is 2. The lowest BCUT2D eigenvalue weighted by Gasteiger charge is -2.42. The number of likely N-dealkylation sites (N-methyl/N-ethyl adjacent to an activating group) is 1. The van der Waals surface area contributed by atoms with Gasteiger partial charge in [-0.1, -0.05) is 20.8 Å². The lowest BCUT2D eigenvalue weighted by atomic mass is 9.99. The van der Waals surface area contributed by atoms with Crippen molar-refractivity contribution in [2.45, 2.75) is 47.1 Å². The lowest BCUT2D eigenvalue weighted by molar-refractivity contribution is 0.164. The molecule has 1 saturated heterocycles. The fraction of sp³-hybridized carbons (Fsp3) is 0.444. The van der Waals surface area contributed by atoms with Crippen LogP contribution in [0.5, 0.6) is 0 Å². The van der Waals surface area contributed by atoms with Crippen molar-refractivity contribution in [3.8, 4) is 11.3 Å². The SMILES string of the molecule is CCN1CCN(c2ccc3cc(-c4cn5cc(C)nc(C)c5n4)c(=O)oc3c2)C[C@@H]1CC(C)C. The van der Waals surface area contributed by atoms with E-state index in [0.717, 1.165) is 54.3 Å². The van der Waals surface area contributed by atoms with Crippen LogP contribution in [0.4, 0.5) is 5.69 Å². The highest BCUT2D eigenvalue weighted by Gasteiger charge is 2.27. The molecular formula is C27H33N5O2. The molecule has 0 amide bonds. The minimum Gasteiger partial charge on any atom is -0.422 e. The Morgan fingerprint density at radius 1 is 1.12 bits per heavy atom. The van der Waals surface area contributed by atoms with E-state index in [1.54, 1.807) is 0 Å². The molecule has 0 aliphatic carbocycles. The van der Waals surface area contributed by atoms with Gasteiger partial charge in [0, 0.05) is 55.2 Å². The standard InChI is InChI=1S/C27H33N5O2/c1-6-30-9-10-31(15-22(30)11-17(2)3)21-8-7-20-12-23(27(33)34-25(20)13-21)24-16-32-14-18(4)28-19(5)26(32)29-24/h7-8,12-14,16-17,22H,6,9-11,15H2,1-5H3/t22-/m0/s1. The topological polar surface area (TPSA) is 66.9 Å². The summed E-state index contributed by atoms with van der Waals surface area (Å²) in [6, 6.07) is 8.63. The maximum atomic E-state index is 13.0. The maximum Gasteiger partial charge on any atom is 0.345 e. The molecule has 1 aliphatic rings. The van der Waals surface area contributed by atoms with Crippen molar-refractivity contribution in [3.05, 3.63) is 58.5 Å². The van der Waals surface area contributed by atoms with Gasteiger partial charge in [0.25, 0.3) is 0 Å². The van der Waals surface area contributed by atoms with Gasteiger partial charge in [-0.05, 0) is 50.9 Å². The van der Waals surface area contributed by atoms with Crippen LogP contribution < -0.4 is 10.5 Å². The summed E-state index contributed by atoms with van der Waals surface area (Å²) in [7, 11) is 0. The highest BCUT2D eigenvalue weighted by molar-refractivity contribution is 5.84. The second-order valence-corrected chi connectivity index (χ2v) is 9.85. The first-order valence-electron chi connectivity index (χ1n) is 12.2. The highest BCUT2D eigenvalue weighted by atomic mass is 16.4. The quantitative estimate of drug-likeness (QED) is 0.404. The maximum absolute atomic E-state index is 13.0. The normalized spacial score (nSPS) is 17.4. The van der Waals surface area contributed by atoms with Gasteiger partial charge in [-0.15, -0.1) is 0 Å². The summed E-state index contributed by atoms with van der Waals surface area (Å²) in [4.78, 5) is 27.1. The van der Waals surface area contributed by atoms with Crippen molar-refractivity contribution < 1.29 is 4.42 Å². The third-order valence-electron chi connectivity index (χ3n) is 6.84. The van der Waals surface area contributed by atoms with E-state index in [-0.39, 0.29) is 5.63 Å². The van der Waals surface area contributed by atoms with Crippen LogP contribution in [0, 0.1) is 19.8 Å². The van der Waals surface area contributed by atoms with E-state index in [1.807, 2.05) is 48.8 Å². The number of piperazine rings is 1. The molecule has 1 aromatic carbocycles. The highest BCUT2D eigenvalue weighted by Crippen LogP contribution is 2.28. The van der Waals surface area contributed by atoms with Gasteiger partial charge in [0.15, 0.2) is 5.65 Å². The zero-order valence-corrected chi connectivity index (χ0v) is 20.7. The predicted molar refractivity (Wildman–Crippen MR) is 137 cm³/mol. The van der Waals surface area contributed by atoms with Crippen molar-refractivity contribution in [1.82, 2.24) is 19.3 Å². The first-order chi connectivity index (χ1) is 16.3. The molecule has 0 N–H and O–H groups in total. The molecule has 0 bridgehead atoms. The first-order valence-corrected chi connectivity index (χ1v) is 12.2. The predicted octanol–water partition coefficient (Wildman–Crippen LogP) is 4.68. The average molecular weight is 460 g/mol. The molecule has 1 aliphatic heterocycles. The Kier molecular flexibility index (Phi) is 5.90. The van der Waals surface area contributed by atoms with E-state index in [2.05, 4.69) is 46.6 Å². The molecule has 0 spiro atoms. The van der Waals surface area contributed by atoms with Crippen LogP contribution in [-0.4, -0.2) is 51.5 Å². The summed E-state index contributed by atoms with van der Waals surface area (Å²) in [6.07, 6.45) is 4.97. The van der Waals surface area contributed by atoms with E-state index in [1.165, 1.54) is 6.42 Å². The molecule has 0 unspecified atom stereocenters. The van der Waals surface area contributed by atoms with Gasteiger partial charge in [0.05, 0.1) is 22.6 Å². The van der Waals surface area contributed by atoms with Gasteiger partial charge in [-0.3, -0.25) is 9.88 Å². The fourth-order valence-corrected chi connectivity index (χ4v) is 5.22. The Morgan fingerprint density at radius 2 is 1.94 bits per heavy atom. The second kappa shape index (κ2) is 8.87. The Labute approximate surface area is 200 Å². The number of benzene rings is 1. The molecule has 3 aromatic heterocycles. The van der Waals surface area contributed by atoms with Crippen molar-refractivity contribution in [1.29, 1.82) is 0 Å².